The van der Waals surface area contributed by atoms with Crippen LogP contribution < -0.4 is 10.6 Å². The van der Waals surface area contributed by atoms with Crippen LogP contribution >= 0.6 is 0 Å². The molecule has 0 saturated heterocycles. The van der Waals surface area contributed by atoms with E-state index in [1.54, 1.807) is 0 Å². The highest BCUT2D eigenvalue weighted by atomic mass is 16.3. The van der Waals surface area contributed by atoms with Gasteiger partial charge >= 0.3 is 6.03 Å². The molecule has 3 N–H and O–H groups in total. The van der Waals surface area contributed by atoms with Crippen molar-refractivity contribution < 1.29 is 9.90 Å². The highest BCUT2D eigenvalue weighted by Crippen LogP contribution is 2.55. The van der Waals surface area contributed by atoms with E-state index in [0.717, 1.165) is 17.8 Å². The Hall–Kier alpha value is -1.55. The van der Waals surface area contributed by atoms with Gasteiger partial charge in [0.15, 0.2) is 0 Å². The molecule has 1 aromatic carbocycles. The van der Waals surface area contributed by atoms with E-state index in [1.165, 1.54) is 44.1 Å². The van der Waals surface area contributed by atoms with Crippen LogP contribution in [0, 0.1) is 17.8 Å². The molecule has 4 heteroatoms. The Balaban J connectivity index is 1.34. The van der Waals surface area contributed by atoms with Crippen molar-refractivity contribution in [2.75, 3.05) is 13.2 Å². The number of aliphatic hydroxyl groups excluding tert-OH is 1. The molecule has 4 saturated carbocycles. The molecule has 1 unspecified atom stereocenters. The predicted octanol–water partition coefficient (Wildman–Crippen LogP) is 3.42. The molecule has 25 heavy (non-hydrogen) atoms. The SMILES string of the molecule is O=C(NCC(CCO)c1ccccc1)NC12CC3CC(CC(C3)C1)C2. The van der Waals surface area contributed by atoms with Crippen molar-refractivity contribution in [3.8, 4) is 0 Å². The molecule has 1 aromatic rings. The van der Waals surface area contributed by atoms with Crippen molar-refractivity contribution in [1.29, 1.82) is 0 Å². The van der Waals surface area contributed by atoms with Crippen LogP contribution in [0.4, 0.5) is 4.79 Å². The average Bonchev–Trinajstić information content (AvgIpc) is 2.57. The van der Waals surface area contributed by atoms with Crippen LogP contribution in [-0.2, 0) is 0 Å². The number of nitrogens with one attached hydrogen (secondary N) is 2. The molecule has 5 rings (SSSR count). The smallest absolute Gasteiger partial charge is 0.315 e. The van der Waals surface area contributed by atoms with E-state index in [-0.39, 0.29) is 24.1 Å². The number of aliphatic hydroxyl groups is 1. The van der Waals surface area contributed by atoms with Crippen molar-refractivity contribution >= 4 is 6.03 Å². The molecule has 4 nitrogen and oxygen atoms in total. The third kappa shape index (κ3) is 3.69. The Morgan fingerprint density at radius 3 is 2.24 bits per heavy atom. The van der Waals surface area contributed by atoms with E-state index in [0.29, 0.717) is 13.0 Å². The number of amides is 2. The zero-order valence-corrected chi connectivity index (χ0v) is 14.9. The summed E-state index contributed by atoms with van der Waals surface area (Å²) in [4.78, 5) is 12.6. The van der Waals surface area contributed by atoms with Crippen LogP contribution in [0.15, 0.2) is 30.3 Å². The van der Waals surface area contributed by atoms with Crippen LogP contribution in [-0.4, -0.2) is 29.8 Å². The largest absolute Gasteiger partial charge is 0.396 e. The number of carbonyl (C=O) groups is 1. The Morgan fingerprint density at radius 2 is 1.68 bits per heavy atom. The number of hydrogen-bond acceptors (Lipinski definition) is 2. The van der Waals surface area contributed by atoms with Gasteiger partial charge < -0.3 is 15.7 Å². The molecule has 4 aliphatic rings. The minimum atomic E-state index is -0.0270. The second-order valence-electron chi connectivity index (χ2n) is 8.65. The maximum absolute atomic E-state index is 12.6. The fraction of sp³-hybridized carbons (Fsp3) is 0.667. The van der Waals surface area contributed by atoms with Gasteiger partial charge in [0.25, 0.3) is 0 Å². The maximum Gasteiger partial charge on any atom is 0.315 e. The third-order valence-electron chi connectivity index (χ3n) is 6.67. The van der Waals surface area contributed by atoms with Crippen LogP contribution in [0.1, 0.15) is 56.4 Å². The highest BCUT2D eigenvalue weighted by Gasteiger charge is 2.51. The summed E-state index contributed by atoms with van der Waals surface area (Å²) in [6.45, 7) is 0.709. The van der Waals surface area contributed by atoms with Gasteiger partial charge in [-0.2, -0.15) is 0 Å². The first-order valence-electron chi connectivity index (χ1n) is 9.87. The Morgan fingerprint density at radius 1 is 1.08 bits per heavy atom. The summed E-state index contributed by atoms with van der Waals surface area (Å²) in [5.41, 5.74) is 1.23. The summed E-state index contributed by atoms with van der Waals surface area (Å²) in [7, 11) is 0. The summed E-state index contributed by atoms with van der Waals surface area (Å²) in [5, 5.41) is 15.8. The first-order valence-corrected chi connectivity index (χ1v) is 9.87. The summed E-state index contributed by atoms with van der Waals surface area (Å²) in [5.74, 6) is 2.65. The summed E-state index contributed by atoms with van der Waals surface area (Å²) < 4.78 is 0. The van der Waals surface area contributed by atoms with Crippen molar-refractivity contribution in [2.45, 2.75) is 56.4 Å². The van der Waals surface area contributed by atoms with Gasteiger partial charge in [0.2, 0.25) is 0 Å². The standard InChI is InChI=1S/C21H30N2O2/c24-7-6-19(18-4-2-1-3-5-18)14-22-20(25)23-21-11-15-8-16(12-21)10-17(9-15)13-21/h1-5,15-17,19,24H,6-14H2,(H2,22,23,25). The monoisotopic (exact) mass is 342 g/mol. The molecule has 0 aromatic heterocycles. The number of rotatable bonds is 6. The second-order valence-corrected chi connectivity index (χ2v) is 8.65. The number of hydrogen-bond donors (Lipinski definition) is 3. The topological polar surface area (TPSA) is 61.4 Å². The molecule has 4 aliphatic carbocycles. The Kier molecular flexibility index (Phi) is 4.72. The minimum absolute atomic E-state index is 0.0270. The molecule has 4 fully saturated rings. The van der Waals surface area contributed by atoms with Crippen molar-refractivity contribution in [3.63, 3.8) is 0 Å². The first-order chi connectivity index (χ1) is 12.2. The van der Waals surface area contributed by atoms with E-state index in [2.05, 4.69) is 22.8 Å². The highest BCUT2D eigenvalue weighted by molar-refractivity contribution is 5.75. The summed E-state index contributed by atoms with van der Waals surface area (Å²) in [6.07, 6.45) is 8.34. The molecular weight excluding hydrogens is 312 g/mol. The molecule has 0 aliphatic heterocycles. The maximum atomic E-state index is 12.6. The van der Waals surface area contributed by atoms with E-state index >= 15 is 0 Å². The first kappa shape index (κ1) is 16.9. The van der Waals surface area contributed by atoms with Gasteiger partial charge in [0.1, 0.15) is 0 Å². The normalized spacial score (nSPS) is 33.9. The molecule has 136 valence electrons. The average molecular weight is 342 g/mol. The van der Waals surface area contributed by atoms with Gasteiger partial charge in [-0.3, -0.25) is 0 Å². The van der Waals surface area contributed by atoms with E-state index in [9.17, 15) is 9.90 Å². The summed E-state index contributed by atoms with van der Waals surface area (Å²) in [6, 6.07) is 10.1. The number of urea groups is 1. The van der Waals surface area contributed by atoms with Crippen molar-refractivity contribution in [1.82, 2.24) is 10.6 Å². The Bertz CT molecular complexity index is 566. The lowest BCUT2D eigenvalue weighted by Crippen LogP contribution is -2.61. The van der Waals surface area contributed by atoms with Gasteiger partial charge in [0, 0.05) is 24.6 Å². The minimum Gasteiger partial charge on any atom is -0.396 e. The van der Waals surface area contributed by atoms with E-state index in [1.807, 2.05) is 18.2 Å². The molecule has 0 heterocycles. The quantitative estimate of drug-likeness (QED) is 0.742. The van der Waals surface area contributed by atoms with Crippen LogP contribution in [0.2, 0.25) is 0 Å². The fourth-order valence-electron chi connectivity index (χ4n) is 6.03. The Labute approximate surface area is 150 Å². The van der Waals surface area contributed by atoms with E-state index < -0.39 is 0 Å². The van der Waals surface area contributed by atoms with Crippen LogP contribution in [0.5, 0.6) is 0 Å². The molecule has 1 atom stereocenters. The van der Waals surface area contributed by atoms with Crippen molar-refractivity contribution in [2.24, 2.45) is 17.8 Å². The molecule has 0 radical (unpaired) electrons. The van der Waals surface area contributed by atoms with Crippen LogP contribution in [0.25, 0.3) is 0 Å². The lowest BCUT2D eigenvalue weighted by atomic mass is 9.53. The zero-order chi connectivity index (χ0) is 17.3. The zero-order valence-electron chi connectivity index (χ0n) is 14.9. The fourth-order valence-corrected chi connectivity index (χ4v) is 6.03. The molecular formula is C21H30N2O2. The van der Waals surface area contributed by atoms with Crippen LogP contribution in [0.3, 0.4) is 0 Å². The third-order valence-corrected chi connectivity index (χ3v) is 6.67. The summed E-state index contributed by atoms with van der Waals surface area (Å²) >= 11 is 0. The lowest BCUT2D eigenvalue weighted by molar-refractivity contribution is -0.0135. The van der Waals surface area contributed by atoms with Gasteiger partial charge in [-0.15, -0.1) is 0 Å². The van der Waals surface area contributed by atoms with Gasteiger partial charge in [-0.25, -0.2) is 4.79 Å². The molecule has 4 bridgehead atoms. The number of benzene rings is 1. The van der Waals surface area contributed by atoms with Gasteiger partial charge in [-0.1, -0.05) is 30.3 Å². The van der Waals surface area contributed by atoms with Gasteiger partial charge in [-0.05, 0) is 68.3 Å². The number of carbonyl (C=O) groups excluding carboxylic acids is 1. The van der Waals surface area contributed by atoms with Gasteiger partial charge in [0.05, 0.1) is 0 Å². The van der Waals surface area contributed by atoms with Crippen molar-refractivity contribution in [3.05, 3.63) is 35.9 Å². The molecule has 0 spiro atoms. The lowest BCUT2D eigenvalue weighted by Gasteiger charge is -2.56. The second kappa shape index (κ2) is 6.99. The van der Waals surface area contributed by atoms with E-state index in [4.69, 9.17) is 0 Å². The molecule has 2 amide bonds. The predicted molar refractivity (Wildman–Crippen MR) is 98.3 cm³/mol.